The quantitative estimate of drug-likeness (QED) is 0.269. The van der Waals surface area contributed by atoms with Gasteiger partial charge in [0, 0.05) is 16.7 Å². The van der Waals surface area contributed by atoms with Crippen molar-refractivity contribution < 1.29 is 19.1 Å². The van der Waals surface area contributed by atoms with Crippen molar-refractivity contribution in [2.75, 3.05) is 17.7 Å². The lowest BCUT2D eigenvalue weighted by Gasteiger charge is -2.14. The van der Waals surface area contributed by atoms with Crippen LogP contribution in [-0.2, 0) is 4.74 Å². The number of anilines is 2. The van der Waals surface area contributed by atoms with Crippen molar-refractivity contribution in [1.29, 1.82) is 0 Å². The van der Waals surface area contributed by atoms with E-state index in [4.69, 9.17) is 22.7 Å². The van der Waals surface area contributed by atoms with Crippen molar-refractivity contribution >= 4 is 57.1 Å². The van der Waals surface area contributed by atoms with Crippen LogP contribution in [0, 0.1) is 0 Å². The zero-order valence-corrected chi connectivity index (χ0v) is 19.5. The number of benzene rings is 4. The number of methoxy groups -OCH3 is 1. The first-order valence-corrected chi connectivity index (χ1v) is 11.0. The predicted octanol–water partition coefficient (Wildman–Crippen LogP) is 4.77. The Morgan fingerprint density at radius 3 is 1.94 bits per heavy atom. The van der Waals surface area contributed by atoms with E-state index in [-0.39, 0.29) is 22.1 Å². The molecule has 0 spiro atoms. The molecule has 8 heteroatoms. The molecule has 174 valence electrons. The van der Waals surface area contributed by atoms with E-state index in [1.54, 1.807) is 36.4 Å². The first kappa shape index (κ1) is 23.6. The van der Waals surface area contributed by atoms with Gasteiger partial charge >= 0.3 is 5.97 Å². The summed E-state index contributed by atoms with van der Waals surface area (Å²) in [7, 11) is 1.26. The van der Waals surface area contributed by atoms with E-state index >= 15 is 0 Å². The number of rotatable bonds is 6. The third kappa shape index (κ3) is 5.34. The normalized spacial score (nSPS) is 10.4. The molecule has 35 heavy (non-hydrogen) atoms. The van der Waals surface area contributed by atoms with Gasteiger partial charge in [0.2, 0.25) is 0 Å². The number of hydrogen-bond donors (Lipinski definition) is 3. The van der Waals surface area contributed by atoms with Crippen LogP contribution in [0.15, 0.2) is 84.9 Å². The summed E-state index contributed by atoms with van der Waals surface area (Å²) in [6.07, 6.45) is 0. The number of ether oxygens (including phenoxy) is 1. The van der Waals surface area contributed by atoms with Gasteiger partial charge in [0.15, 0.2) is 0 Å². The van der Waals surface area contributed by atoms with Crippen molar-refractivity contribution in [1.82, 2.24) is 0 Å². The molecule has 0 unspecified atom stereocenters. The van der Waals surface area contributed by atoms with E-state index < -0.39 is 11.9 Å². The van der Waals surface area contributed by atoms with Gasteiger partial charge in [-0.25, -0.2) is 4.79 Å². The molecule has 4 aromatic carbocycles. The first-order chi connectivity index (χ1) is 16.9. The lowest BCUT2D eigenvalue weighted by atomic mass is 10.1. The Hall–Kier alpha value is -4.56. The molecule has 0 atom stereocenters. The van der Waals surface area contributed by atoms with Gasteiger partial charge in [-0.1, -0.05) is 54.7 Å². The summed E-state index contributed by atoms with van der Waals surface area (Å²) in [4.78, 5) is 38.2. The summed E-state index contributed by atoms with van der Waals surface area (Å²) in [5, 5.41) is 7.51. The summed E-state index contributed by atoms with van der Waals surface area (Å²) in [6.45, 7) is 0. The smallest absolute Gasteiger partial charge is 0.337 e. The summed E-state index contributed by atoms with van der Waals surface area (Å²) in [6, 6.07) is 24.0. The van der Waals surface area contributed by atoms with Gasteiger partial charge in [-0.05, 0) is 53.2 Å². The van der Waals surface area contributed by atoms with Crippen LogP contribution < -0.4 is 16.4 Å². The fourth-order valence-electron chi connectivity index (χ4n) is 3.51. The Labute approximate surface area is 206 Å². The van der Waals surface area contributed by atoms with Crippen molar-refractivity contribution in [3.05, 3.63) is 107 Å². The maximum Gasteiger partial charge on any atom is 0.337 e. The topological polar surface area (TPSA) is 111 Å². The molecule has 0 aliphatic carbocycles. The highest BCUT2D eigenvalue weighted by Gasteiger charge is 2.16. The predicted molar refractivity (Wildman–Crippen MR) is 140 cm³/mol. The molecule has 4 rings (SSSR count). The Morgan fingerprint density at radius 1 is 0.686 bits per heavy atom. The first-order valence-electron chi connectivity index (χ1n) is 10.6. The van der Waals surface area contributed by atoms with E-state index in [9.17, 15) is 14.4 Å². The van der Waals surface area contributed by atoms with Gasteiger partial charge in [-0.15, -0.1) is 0 Å². The highest BCUT2D eigenvalue weighted by molar-refractivity contribution is 7.80. The molecule has 7 nitrogen and oxygen atoms in total. The van der Waals surface area contributed by atoms with E-state index in [0.29, 0.717) is 22.4 Å². The maximum absolute atomic E-state index is 13.0. The van der Waals surface area contributed by atoms with E-state index in [2.05, 4.69) is 10.6 Å². The summed E-state index contributed by atoms with van der Waals surface area (Å²) in [5.41, 5.74) is 7.83. The summed E-state index contributed by atoms with van der Waals surface area (Å²) in [5.74, 6) is -1.38. The highest BCUT2D eigenvalue weighted by atomic mass is 32.1. The number of thiocarbonyl (C=S) groups is 1. The monoisotopic (exact) mass is 483 g/mol. The minimum Gasteiger partial charge on any atom is -0.465 e. The molecule has 4 aromatic rings. The van der Waals surface area contributed by atoms with Crippen LogP contribution in [-0.4, -0.2) is 29.9 Å². The van der Waals surface area contributed by atoms with Crippen LogP contribution in [0.3, 0.4) is 0 Å². The highest BCUT2D eigenvalue weighted by Crippen LogP contribution is 2.26. The van der Waals surface area contributed by atoms with Crippen molar-refractivity contribution in [2.45, 2.75) is 0 Å². The number of carbonyl (C=O) groups excluding carboxylic acids is 3. The molecule has 0 saturated heterocycles. The second-order valence-electron chi connectivity index (χ2n) is 7.66. The summed E-state index contributed by atoms with van der Waals surface area (Å²) < 4.78 is 4.78. The second kappa shape index (κ2) is 10.1. The van der Waals surface area contributed by atoms with Gasteiger partial charge in [-0.3, -0.25) is 9.59 Å². The van der Waals surface area contributed by atoms with E-state index in [1.807, 2.05) is 30.3 Å². The zero-order chi connectivity index (χ0) is 24.9. The van der Waals surface area contributed by atoms with Crippen molar-refractivity contribution in [3.63, 3.8) is 0 Å². The fraction of sp³-hybridized carbons (Fsp3) is 0.0370. The molecule has 0 fully saturated rings. The van der Waals surface area contributed by atoms with Crippen LogP contribution in [0.2, 0.25) is 0 Å². The van der Waals surface area contributed by atoms with Crippen molar-refractivity contribution in [3.8, 4) is 0 Å². The number of carbonyl (C=O) groups is 3. The molecule has 0 aromatic heterocycles. The van der Waals surface area contributed by atoms with Crippen LogP contribution in [0.1, 0.15) is 36.6 Å². The molecule has 2 amide bonds. The molecule has 0 aliphatic heterocycles. The number of fused-ring (bicyclic) bond motifs is 1. The van der Waals surface area contributed by atoms with Crippen molar-refractivity contribution in [2.24, 2.45) is 5.73 Å². The third-order valence-electron chi connectivity index (χ3n) is 5.38. The molecule has 0 heterocycles. The lowest BCUT2D eigenvalue weighted by molar-refractivity contribution is 0.0600. The minimum atomic E-state index is -0.575. The standard InChI is InChI=1S/C27H21N3O4S/c1-34-27(33)21-12-13-22(29-26(32)20-11-6-16-4-2-3-5-19(16)14-20)23(15-21)30-25(31)18-9-7-17(8-10-18)24(28)35/h2-15H,1H3,(H2,28,35)(H,29,32)(H,30,31). The van der Waals surface area contributed by atoms with Crippen LogP contribution >= 0.6 is 12.2 Å². The molecule has 0 bridgehead atoms. The lowest BCUT2D eigenvalue weighted by Crippen LogP contribution is -2.18. The largest absolute Gasteiger partial charge is 0.465 e. The molecule has 0 radical (unpaired) electrons. The second-order valence-corrected chi connectivity index (χ2v) is 8.10. The van der Waals surface area contributed by atoms with Gasteiger partial charge in [0.05, 0.1) is 24.0 Å². The zero-order valence-electron chi connectivity index (χ0n) is 18.7. The Morgan fingerprint density at radius 2 is 1.26 bits per heavy atom. The molecule has 0 saturated carbocycles. The van der Waals surface area contributed by atoms with Gasteiger partial charge in [-0.2, -0.15) is 0 Å². The van der Waals surface area contributed by atoms with Gasteiger partial charge in [0.1, 0.15) is 4.99 Å². The Bertz CT molecular complexity index is 1470. The molecule has 4 N–H and O–H groups in total. The molecular weight excluding hydrogens is 462 g/mol. The average molecular weight is 484 g/mol. The number of nitrogens with one attached hydrogen (secondary N) is 2. The fourth-order valence-corrected chi connectivity index (χ4v) is 3.64. The van der Waals surface area contributed by atoms with Gasteiger partial charge < -0.3 is 21.1 Å². The minimum absolute atomic E-state index is 0.218. The third-order valence-corrected chi connectivity index (χ3v) is 5.62. The number of esters is 1. The van der Waals surface area contributed by atoms with Crippen LogP contribution in [0.25, 0.3) is 10.8 Å². The maximum atomic E-state index is 13.0. The molecular formula is C27H21N3O4S. The summed E-state index contributed by atoms with van der Waals surface area (Å²) >= 11 is 4.94. The van der Waals surface area contributed by atoms with Crippen LogP contribution in [0.4, 0.5) is 11.4 Å². The number of hydrogen-bond acceptors (Lipinski definition) is 5. The number of nitrogens with two attached hydrogens (primary N) is 1. The van der Waals surface area contributed by atoms with Gasteiger partial charge in [0.25, 0.3) is 11.8 Å². The van der Waals surface area contributed by atoms with E-state index in [1.165, 1.54) is 25.3 Å². The Balaban J connectivity index is 1.63. The molecule has 0 aliphatic rings. The SMILES string of the molecule is COC(=O)c1ccc(NC(=O)c2ccc3ccccc3c2)c(NC(=O)c2ccc(C(N)=S)cc2)c1. The number of amides is 2. The van der Waals surface area contributed by atoms with Crippen LogP contribution in [0.5, 0.6) is 0 Å². The van der Waals surface area contributed by atoms with E-state index in [0.717, 1.165) is 10.8 Å². The average Bonchev–Trinajstić information content (AvgIpc) is 2.88. The Kier molecular flexibility index (Phi) is 6.84.